The Labute approximate surface area is 194 Å². The van der Waals surface area contributed by atoms with Crippen LogP contribution in [0.15, 0.2) is 96.3 Å². The van der Waals surface area contributed by atoms with Crippen LogP contribution in [0, 0.1) is 0 Å². The molecule has 1 aromatic carbocycles. The number of hydrogen-bond acceptors (Lipinski definition) is 4. The zero-order valence-electron chi connectivity index (χ0n) is 19.5. The summed E-state index contributed by atoms with van der Waals surface area (Å²) in [5.41, 5.74) is 5.72. The Balaban J connectivity index is 1.91. The standard InChI is InChI=1S/C28H29FN2O2/c1-6-21(10-9-20(4)29)11-13-23-17-26(30-5)24-16-22(12-14-25(24)31-23)19(3)8-15-28-27(7-2)32-18-33-28/h6-17H,4,18H2,1-3,5H3,(H,30,31)/b10-9-,13-11+,19-8+,21-6?,27-7+,28-15+. The van der Waals surface area contributed by atoms with Crippen molar-refractivity contribution in [1.29, 1.82) is 0 Å². The molecule has 0 spiro atoms. The van der Waals surface area contributed by atoms with E-state index in [1.807, 2.05) is 69.5 Å². The number of nitrogens with one attached hydrogen (secondary N) is 1. The molecule has 0 radical (unpaired) electrons. The number of benzene rings is 1. The van der Waals surface area contributed by atoms with Gasteiger partial charge in [-0.3, -0.25) is 0 Å². The van der Waals surface area contributed by atoms with Crippen LogP contribution in [0.2, 0.25) is 0 Å². The molecule has 0 unspecified atom stereocenters. The molecule has 0 bridgehead atoms. The van der Waals surface area contributed by atoms with E-state index in [1.165, 1.54) is 6.08 Å². The Morgan fingerprint density at radius 2 is 1.91 bits per heavy atom. The Kier molecular flexibility index (Phi) is 8.03. The topological polar surface area (TPSA) is 43.4 Å². The van der Waals surface area contributed by atoms with Gasteiger partial charge in [0.05, 0.1) is 11.2 Å². The van der Waals surface area contributed by atoms with Gasteiger partial charge in [0.1, 0.15) is 5.83 Å². The van der Waals surface area contributed by atoms with E-state index < -0.39 is 5.83 Å². The maximum Gasteiger partial charge on any atom is 0.231 e. The van der Waals surface area contributed by atoms with Gasteiger partial charge in [-0.15, -0.1) is 0 Å². The second kappa shape index (κ2) is 11.1. The lowest BCUT2D eigenvalue weighted by atomic mass is 10.0. The summed E-state index contributed by atoms with van der Waals surface area (Å²) in [6, 6.07) is 8.20. The van der Waals surface area contributed by atoms with E-state index in [4.69, 9.17) is 14.5 Å². The van der Waals surface area contributed by atoms with Gasteiger partial charge in [0.15, 0.2) is 11.5 Å². The Bertz CT molecular complexity index is 1230. The minimum Gasteiger partial charge on any atom is -0.454 e. The fourth-order valence-corrected chi connectivity index (χ4v) is 3.35. The van der Waals surface area contributed by atoms with E-state index in [1.54, 1.807) is 6.08 Å². The lowest BCUT2D eigenvalue weighted by Crippen LogP contribution is -1.94. The fourth-order valence-electron chi connectivity index (χ4n) is 3.35. The van der Waals surface area contributed by atoms with Gasteiger partial charge < -0.3 is 14.8 Å². The lowest BCUT2D eigenvalue weighted by Gasteiger charge is -2.10. The maximum atomic E-state index is 12.9. The molecule has 0 atom stereocenters. The molecule has 1 N–H and O–H groups in total. The van der Waals surface area contributed by atoms with Crippen molar-refractivity contribution in [2.24, 2.45) is 0 Å². The van der Waals surface area contributed by atoms with Gasteiger partial charge in [-0.25, -0.2) is 9.37 Å². The van der Waals surface area contributed by atoms with Crippen molar-refractivity contribution in [1.82, 2.24) is 4.98 Å². The van der Waals surface area contributed by atoms with Crippen LogP contribution in [0.4, 0.5) is 10.1 Å². The molecule has 4 nitrogen and oxygen atoms in total. The number of pyridine rings is 1. The number of anilines is 1. The van der Waals surface area contributed by atoms with Crippen molar-refractivity contribution >= 4 is 28.2 Å². The van der Waals surface area contributed by atoms with Crippen molar-refractivity contribution in [3.63, 3.8) is 0 Å². The van der Waals surface area contributed by atoms with Gasteiger partial charge in [0, 0.05) is 18.1 Å². The molecule has 5 heteroatoms. The number of aromatic nitrogens is 1. The highest BCUT2D eigenvalue weighted by Gasteiger charge is 2.14. The maximum absolute atomic E-state index is 12.9. The van der Waals surface area contributed by atoms with Crippen molar-refractivity contribution in [2.45, 2.75) is 20.8 Å². The second-order valence-corrected chi connectivity index (χ2v) is 7.42. The molecule has 1 saturated heterocycles. The highest BCUT2D eigenvalue weighted by molar-refractivity contribution is 5.94. The van der Waals surface area contributed by atoms with Crippen LogP contribution >= 0.6 is 0 Å². The van der Waals surface area contributed by atoms with E-state index >= 15 is 0 Å². The fraction of sp³-hybridized carbons (Fsp3) is 0.179. The Morgan fingerprint density at radius 1 is 1.12 bits per heavy atom. The number of fused-ring (bicyclic) bond motifs is 1. The van der Waals surface area contributed by atoms with Crippen molar-refractivity contribution < 1.29 is 13.9 Å². The van der Waals surface area contributed by atoms with Gasteiger partial charge in [-0.1, -0.05) is 36.9 Å². The molecular weight excluding hydrogens is 415 g/mol. The van der Waals surface area contributed by atoms with E-state index in [2.05, 4.69) is 31.0 Å². The molecule has 2 heterocycles. The quantitative estimate of drug-likeness (QED) is 0.450. The minimum atomic E-state index is -0.480. The average molecular weight is 445 g/mol. The first-order chi connectivity index (χ1) is 15.9. The van der Waals surface area contributed by atoms with Crippen LogP contribution in [0.3, 0.4) is 0 Å². The molecule has 1 aromatic heterocycles. The third-order valence-electron chi connectivity index (χ3n) is 5.21. The number of rotatable bonds is 7. The van der Waals surface area contributed by atoms with Crippen molar-refractivity contribution in [2.75, 3.05) is 19.2 Å². The summed E-state index contributed by atoms with van der Waals surface area (Å²) in [6.07, 6.45) is 14.6. The predicted molar refractivity (Wildman–Crippen MR) is 136 cm³/mol. The molecule has 0 aliphatic carbocycles. The molecule has 1 fully saturated rings. The van der Waals surface area contributed by atoms with Gasteiger partial charge in [0.25, 0.3) is 0 Å². The summed E-state index contributed by atoms with van der Waals surface area (Å²) in [4.78, 5) is 4.77. The van der Waals surface area contributed by atoms with Gasteiger partial charge in [-0.05, 0) is 80.0 Å². The molecule has 33 heavy (non-hydrogen) atoms. The largest absolute Gasteiger partial charge is 0.454 e. The molecular formula is C28H29FN2O2. The summed E-state index contributed by atoms with van der Waals surface area (Å²) in [5, 5.41) is 4.30. The predicted octanol–water partition coefficient (Wildman–Crippen LogP) is 7.47. The Morgan fingerprint density at radius 3 is 2.61 bits per heavy atom. The monoisotopic (exact) mass is 444 g/mol. The molecule has 0 saturated carbocycles. The Hall–Kier alpha value is -3.86. The van der Waals surface area contributed by atoms with Crippen molar-refractivity contribution in [3.05, 3.63) is 108 Å². The number of ether oxygens (including phenoxy) is 2. The highest BCUT2D eigenvalue weighted by atomic mass is 19.1. The zero-order valence-corrected chi connectivity index (χ0v) is 19.5. The van der Waals surface area contributed by atoms with E-state index in [9.17, 15) is 4.39 Å². The summed E-state index contributed by atoms with van der Waals surface area (Å²) in [5.74, 6) is 1.01. The van der Waals surface area contributed by atoms with Crippen LogP contribution in [0.25, 0.3) is 22.6 Å². The first-order valence-electron chi connectivity index (χ1n) is 10.8. The van der Waals surface area contributed by atoms with E-state index in [0.29, 0.717) is 0 Å². The SMILES string of the molecule is C=C(F)/C=C\C(=CC)/C=C/c1cc(NC)c2cc(/C(C)=C/C=C3/OCO/C3=C/C)ccc2n1. The summed E-state index contributed by atoms with van der Waals surface area (Å²) in [6.45, 7) is 9.38. The van der Waals surface area contributed by atoms with Gasteiger partial charge in [0.2, 0.25) is 6.79 Å². The number of halogens is 1. The normalized spacial score (nSPS) is 17.4. The third kappa shape index (κ3) is 6.10. The average Bonchev–Trinajstić information content (AvgIpc) is 3.29. The van der Waals surface area contributed by atoms with E-state index in [0.717, 1.165) is 50.5 Å². The van der Waals surface area contributed by atoms with Crippen LogP contribution in [-0.2, 0) is 9.47 Å². The molecule has 1 aliphatic heterocycles. The van der Waals surface area contributed by atoms with Gasteiger partial charge >= 0.3 is 0 Å². The lowest BCUT2D eigenvalue weighted by molar-refractivity contribution is 0.0976. The van der Waals surface area contributed by atoms with E-state index in [-0.39, 0.29) is 6.79 Å². The number of allylic oxidation sites excluding steroid dienone is 10. The summed E-state index contributed by atoms with van der Waals surface area (Å²) < 4.78 is 23.8. The first-order valence-corrected chi connectivity index (χ1v) is 10.8. The first kappa shape index (κ1) is 23.8. The minimum absolute atomic E-state index is 0.249. The smallest absolute Gasteiger partial charge is 0.231 e. The number of nitrogens with zero attached hydrogens (tertiary/aromatic N) is 1. The zero-order chi connectivity index (χ0) is 23.8. The number of hydrogen-bond donors (Lipinski definition) is 1. The van der Waals surface area contributed by atoms with Gasteiger partial charge in [-0.2, -0.15) is 0 Å². The third-order valence-corrected chi connectivity index (χ3v) is 5.21. The van der Waals surface area contributed by atoms with Crippen LogP contribution in [-0.4, -0.2) is 18.8 Å². The molecule has 0 amide bonds. The van der Waals surface area contributed by atoms with Crippen LogP contribution in [0.1, 0.15) is 32.0 Å². The molecule has 3 rings (SSSR count). The van der Waals surface area contributed by atoms with Crippen LogP contribution in [0.5, 0.6) is 0 Å². The summed E-state index contributed by atoms with van der Waals surface area (Å²) in [7, 11) is 1.89. The molecule has 2 aromatic rings. The molecule has 1 aliphatic rings. The highest BCUT2D eigenvalue weighted by Crippen LogP contribution is 2.28. The van der Waals surface area contributed by atoms with Crippen LogP contribution < -0.4 is 5.32 Å². The second-order valence-electron chi connectivity index (χ2n) is 7.42. The molecule has 170 valence electrons. The summed E-state index contributed by atoms with van der Waals surface area (Å²) >= 11 is 0. The van der Waals surface area contributed by atoms with Crippen molar-refractivity contribution in [3.8, 4) is 0 Å².